The number of benzene rings is 1. The van der Waals surface area contributed by atoms with Gasteiger partial charge >= 0.3 is 0 Å². The van der Waals surface area contributed by atoms with Crippen molar-refractivity contribution in [1.29, 1.82) is 0 Å². The fourth-order valence-corrected chi connectivity index (χ4v) is 2.69. The zero-order valence-electron chi connectivity index (χ0n) is 11.2. The summed E-state index contributed by atoms with van der Waals surface area (Å²) in [6.07, 6.45) is 0. The van der Waals surface area contributed by atoms with Gasteiger partial charge in [-0.2, -0.15) is 0 Å². The number of nitrogens with one attached hydrogen (secondary N) is 1. The highest BCUT2D eigenvalue weighted by atomic mass is 35.5. The zero-order chi connectivity index (χ0) is 14.7. The molecule has 0 amide bonds. The van der Waals surface area contributed by atoms with Crippen LogP contribution in [0.1, 0.15) is 6.92 Å². The number of hydrogen-bond donors (Lipinski definition) is 1. The maximum atomic E-state index is 11.9. The number of nitrogens with zero attached hydrogens (tertiary/aromatic N) is 1. The molecule has 0 radical (unpaired) electrons. The molecule has 1 aromatic carbocycles. The van der Waals surface area contributed by atoms with Gasteiger partial charge in [-0.05, 0) is 31.2 Å². The maximum Gasteiger partial charge on any atom is 0.242 e. The first-order chi connectivity index (χ1) is 8.75. The van der Waals surface area contributed by atoms with Gasteiger partial charge in [-0.15, -0.1) is 23.2 Å². The van der Waals surface area contributed by atoms with Crippen LogP contribution in [-0.4, -0.2) is 44.1 Å². The lowest BCUT2D eigenvalue weighted by atomic mass is 10.1. The summed E-state index contributed by atoms with van der Waals surface area (Å²) in [6, 6.07) is 6.52. The summed E-state index contributed by atoms with van der Waals surface area (Å²) in [7, 11) is -0.396. The van der Waals surface area contributed by atoms with Crippen molar-refractivity contribution in [1.82, 2.24) is 4.31 Å². The number of alkyl halides is 2. The van der Waals surface area contributed by atoms with Crippen molar-refractivity contribution in [2.24, 2.45) is 0 Å². The molecule has 0 aliphatic rings. The molecule has 0 aromatic heterocycles. The van der Waals surface area contributed by atoms with Crippen molar-refractivity contribution in [3.63, 3.8) is 0 Å². The van der Waals surface area contributed by atoms with E-state index in [0.717, 1.165) is 5.69 Å². The van der Waals surface area contributed by atoms with E-state index in [-0.39, 0.29) is 4.90 Å². The predicted octanol–water partition coefficient (Wildman–Crippen LogP) is 2.59. The van der Waals surface area contributed by atoms with Crippen molar-refractivity contribution in [2.75, 3.05) is 31.2 Å². The molecule has 0 saturated heterocycles. The SMILES string of the molecule is CN(C)S(=O)(=O)c1ccc(NC(C)(CCl)CCl)cc1. The Morgan fingerprint density at radius 2 is 1.63 bits per heavy atom. The van der Waals surface area contributed by atoms with Gasteiger partial charge in [-0.1, -0.05) is 0 Å². The maximum absolute atomic E-state index is 11.9. The Kier molecular flexibility index (Phi) is 5.50. The minimum atomic E-state index is -3.40. The molecule has 1 rings (SSSR count). The molecular weight excluding hydrogens is 307 g/mol. The molecule has 0 unspecified atom stereocenters. The summed E-state index contributed by atoms with van der Waals surface area (Å²) in [5.74, 6) is 0.711. The molecule has 19 heavy (non-hydrogen) atoms. The Labute approximate surface area is 124 Å². The first kappa shape index (κ1) is 16.6. The van der Waals surface area contributed by atoms with E-state index in [4.69, 9.17) is 23.2 Å². The monoisotopic (exact) mass is 324 g/mol. The van der Waals surface area contributed by atoms with Crippen molar-refractivity contribution < 1.29 is 8.42 Å². The van der Waals surface area contributed by atoms with Gasteiger partial charge < -0.3 is 5.32 Å². The first-order valence-electron chi connectivity index (χ1n) is 5.68. The Morgan fingerprint density at radius 1 is 1.16 bits per heavy atom. The summed E-state index contributed by atoms with van der Waals surface area (Å²) >= 11 is 11.7. The molecular formula is C12H18Cl2N2O2S. The summed E-state index contributed by atoms with van der Waals surface area (Å²) in [5.41, 5.74) is 0.354. The van der Waals surface area contributed by atoms with Crippen molar-refractivity contribution >= 4 is 38.9 Å². The van der Waals surface area contributed by atoms with Crippen LogP contribution >= 0.6 is 23.2 Å². The van der Waals surface area contributed by atoms with Crippen LogP contribution in [0.15, 0.2) is 29.2 Å². The summed E-state index contributed by atoms with van der Waals surface area (Å²) in [4.78, 5) is 0.251. The Hall–Kier alpha value is -0.490. The lowest BCUT2D eigenvalue weighted by Gasteiger charge is -2.27. The van der Waals surface area contributed by atoms with Crippen LogP contribution in [0.3, 0.4) is 0 Å². The minimum Gasteiger partial charge on any atom is -0.377 e. The zero-order valence-corrected chi connectivity index (χ0v) is 13.5. The van der Waals surface area contributed by atoms with Gasteiger partial charge in [-0.3, -0.25) is 0 Å². The minimum absolute atomic E-state index is 0.251. The van der Waals surface area contributed by atoms with E-state index in [0.29, 0.717) is 11.8 Å². The molecule has 1 aromatic rings. The van der Waals surface area contributed by atoms with E-state index in [2.05, 4.69) is 5.32 Å². The molecule has 0 aliphatic heterocycles. The normalized spacial score (nSPS) is 12.7. The smallest absolute Gasteiger partial charge is 0.242 e. The van der Waals surface area contributed by atoms with E-state index in [9.17, 15) is 8.42 Å². The Bertz CT molecular complexity index is 511. The third-order valence-corrected chi connectivity index (χ3v) is 5.68. The molecule has 0 bridgehead atoms. The molecule has 0 aliphatic carbocycles. The molecule has 0 heterocycles. The van der Waals surface area contributed by atoms with E-state index in [1.807, 2.05) is 6.92 Å². The molecule has 0 saturated carbocycles. The molecule has 0 spiro atoms. The van der Waals surface area contributed by atoms with Crippen LogP contribution in [0.25, 0.3) is 0 Å². The quantitative estimate of drug-likeness (QED) is 0.818. The Morgan fingerprint density at radius 3 is 2.00 bits per heavy atom. The largest absolute Gasteiger partial charge is 0.377 e. The van der Waals surface area contributed by atoms with E-state index >= 15 is 0 Å². The molecule has 0 fully saturated rings. The highest BCUT2D eigenvalue weighted by molar-refractivity contribution is 7.89. The number of hydrogen-bond acceptors (Lipinski definition) is 3. The highest BCUT2D eigenvalue weighted by Gasteiger charge is 2.22. The topological polar surface area (TPSA) is 49.4 Å². The summed E-state index contributed by atoms with van der Waals surface area (Å²) < 4.78 is 25.0. The standard InChI is InChI=1S/C12H18Cl2N2O2S/c1-12(8-13,9-14)15-10-4-6-11(7-5-10)19(17,18)16(2)3/h4-7,15H,8-9H2,1-3H3. The van der Waals surface area contributed by atoms with Crippen LogP contribution in [0.4, 0.5) is 5.69 Å². The first-order valence-corrected chi connectivity index (χ1v) is 8.19. The molecule has 7 heteroatoms. The van der Waals surface area contributed by atoms with Crippen LogP contribution in [0.2, 0.25) is 0 Å². The second kappa shape index (κ2) is 6.31. The van der Waals surface area contributed by atoms with Crippen molar-refractivity contribution in [3.05, 3.63) is 24.3 Å². The highest BCUT2D eigenvalue weighted by Crippen LogP contribution is 2.21. The second-order valence-electron chi connectivity index (χ2n) is 4.76. The van der Waals surface area contributed by atoms with Gasteiger partial charge in [0, 0.05) is 31.5 Å². The van der Waals surface area contributed by atoms with Gasteiger partial charge in [0.25, 0.3) is 0 Å². The summed E-state index contributed by atoms with van der Waals surface area (Å²) in [6.45, 7) is 1.90. The fourth-order valence-electron chi connectivity index (χ4n) is 1.37. The van der Waals surface area contributed by atoms with Crippen LogP contribution in [0.5, 0.6) is 0 Å². The fraction of sp³-hybridized carbons (Fsp3) is 0.500. The molecule has 108 valence electrons. The third kappa shape index (κ3) is 3.99. The molecule has 0 atom stereocenters. The van der Waals surface area contributed by atoms with Gasteiger partial charge in [0.1, 0.15) is 0 Å². The van der Waals surface area contributed by atoms with E-state index in [1.165, 1.54) is 18.4 Å². The average Bonchev–Trinajstić information content (AvgIpc) is 2.39. The van der Waals surface area contributed by atoms with Crippen molar-refractivity contribution in [3.8, 4) is 0 Å². The Balaban J connectivity index is 2.95. The second-order valence-corrected chi connectivity index (χ2v) is 7.45. The average molecular weight is 325 g/mol. The predicted molar refractivity (Wildman–Crippen MR) is 80.8 cm³/mol. The van der Waals surface area contributed by atoms with Gasteiger partial charge in [0.15, 0.2) is 0 Å². The molecule has 1 N–H and O–H groups in total. The van der Waals surface area contributed by atoms with Crippen LogP contribution in [0, 0.1) is 0 Å². The number of halogens is 2. The van der Waals surface area contributed by atoms with E-state index < -0.39 is 15.6 Å². The number of anilines is 1. The molecule has 4 nitrogen and oxygen atoms in total. The van der Waals surface area contributed by atoms with Gasteiger partial charge in [0.05, 0.1) is 10.4 Å². The number of rotatable bonds is 6. The van der Waals surface area contributed by atoms with Crippen LogP contribution < -0.4 is 5.32 Å². The number of sulfonamides is 1. The van der Waals surface area contributed by atoms with Gasteiger partial charge in [0.2, 0.25) is 10.0 Å². The van der Waals surface area contributed by atoms with Gasteiger partial charge in [-0.25, -0.2) is 12.7 Å². The third-order valence-electron chi connectivity index (χ3n) is 2.67. The van der Waals surface area contributed by atoms with E-state index in [1.54, 1.807) is 24.3 Å². The van der Waals surface area contributed by atoms with Crippen molar-refractivity contribution in [2.45, 2.75) is 17.4 Å². The lowest BCUT2D eigenvalue weighted by molar-refractivity contribution is 0.521. The van der Waals surface area contributed by atoms with Crippen LogP contribution in [-0.2, 0) is 10.0 Å². The summed E-state index contributed by atoms with van der Waals surface area (Å²) in [5, 5.41) is 3.19. The lowest BCUT2D eigenvalue weighted by Crippen LogP contribution is -2.38.